The van der Waals surface area contributed by atoms with E-state index in [0.29, 0.717) is 12.8 Å². The summed E-state index contributed by atoms with van der Waals surface area (Å²) in [6, 6.07) is 5.71. The lowest BCUT2D eigenvalue weighted by atomic mass is 9.65. The molecule has 0 saturated carbocycles. The third kappa shape index (κ3) is 3.31. The Morgan fingerprint density at radius 2 is 1.44 bits per heavy atom. The first-order chi connectivity index (χ1) is 12.6. The van der Waals surface area contributed by atoms with Crippen molar-refractivity contribution in [3.8, 4) is 0 Å². The Hall–Kier alpha value is -1.75. The normalized spacial score (nSPS) is 24.5. The molecule has 1 N–H and O–H groups in total. The molecule has 5 heteroatoms. The molecule has 27 heavy (non-hydrogen) atoms. The quantitative estimate of drug-likeness (QED) is 0.651. The van der Waals surface area contributed by atoms with Crippen LogP contribution in [0.25, 0.3) is 0 Å². The average molecular weight is 429 g/mol. The highest BCUT2D eigenvalue weighted by atomic mass is 79.9. The second-order valence-corrected chi connectivity index (χ2v) is 10.4. The van der Waals surface area contributed by atoms with E-state index in [-0.39, 0.29) is 28.3 Å². The highest BCUT2D eigenvalue weighted by Crippen LogP contribution is 2.50. The minimum Gasteiger partial charge on any atom is -0.362 e. The number of rotatable bonds is 1. The summed E-state index contributed by atoms with van der Waals surface area (Å²) in [4.78, 5) is 30.9. The lowest BCUT2D eigenvalue weighted by molar-refractivity contribution is -0.119. The molecule has 142 valence electrons. The summed E-state index contributed by atoms with van der Waals surface area (Å²) in [6.45, 7) is 8.51. The van der Waals surface area contributed by atoms with Gasteiger partial charge >= 0.3 is 0 Å². The van der Waals surface area contributed by atoms with E-state index in [4.69, 9.17) is 0 Å². The Kier molecular flexibility index (Phi) is 4.22. The van der Waals surface area contributed by atoms with E-state index in [2.05, 4.69) is 53.9 Å². The zero-order valence-electron chi connectivity index (χ0n) is 16.3. The van der Waals surface area contributed by atoms with Crippen LogP contribution in [0.3, 0.4) is 0 Å². The van der Waals surface area contributed by atoms with Gasteiger partial charge < -0.3 is 5.32 Å². The predicted molar refractivity (Wildman–Crippen MR) is 108 cm³/mol. The van der Waals surface area contributed by atoms with Crippen LogP contribution >= 0.6 is 15.9 Å². The van der Waals surface area contributed by atoms with Crippen LogP contribution in [0.5, 0.6) is 0 Å². The number of ketones is 2. The Bertz CT molecular complexity index is 872. The molecule has 0 radical (unpaired) electrons. The zero-order chi connectivity index (χ0) is 19.6. The summed E-state index contributed by atoms with van der Waals surface area (Å²) in [7, 11) is 0. The topological polar surface area (TPSA) is 59.1 Å². The summed E-state index contributed by atoms with van der Waals surface area (Å²) < 4.78 is 0.718. The first-order valence-corrected chi connectivity index (χ1v) is 10.3. The van der Waals surface area contributed by atoms with Gasteiger partial charge in [-0.3, -0.25) is 9.59 Å². The molecule has 0 aromatic carbocycles. The van der Waals surface area contributed by atoms with Gasteiger partial charge in [0.15, 0.2) is 11.6 Å². The number of dihydropyridines is 1. The number of allylic oxidation sites excluding steroid dienone is 4. The molecule has 0 saturated heterocycles. The zero-order valence-corrected chi connectivity index (χ0v) is 17.9. The van der Waals surface area contributed by atoms with E-state index in [0.717, 1.165) is 45.7 Å². The van der Waals surface area contributed by atoms with E-state index in [1.54, 1.807) is 0 Å². The van der Waals surface area contributed by atoms with Crippen molar-refractivity contribution in [2.45, 2.75) is 59.3 Å². The molecule has 2 aliphatic carbocycles. The van der Waals surface area contributed by atoms with Gasteiger partial charge in [-0.25, -0.2) is 4.98 Å². The van der Waals surface area contributed by atoms with Crippen LogP contribution in [-0.2, 0) is 9.59 Å². The third-order valence-corrected chi connectivity index (χ3v) is 6.19. The molecule has 0 unspecified atom stereocenters. The molecule has 1 aliphatic heterocycles. The fourth-order valence-corrected chi connectivity index (χ4v) is 5.13. The Labute approximate surface area is 168 Å². The molecular formula is C22H25BrN2O2. The van der Waals surface area contributed by atoms with E-state index in [1.807, 2.05) is 18.2 Å². The van der Waals surface area contributed by atoms with Gasteiger partial charge in [-0.05, 0) is 51.7 Å². The molecule has 0 amide bonds. The summed E-state index contributed by atoms with van der Waals surface area (Å²) in [5, 5.41) is 3.52. The average Bonchev–Trinajstić information content (AvgIpc) is 2.50. The Morgan fingerprint density at radius 3 is 1.93 bits per heavy atom. The molecule has 0 spiro atoms. The fraction of sp³-hybridized carbons (Fsp3) is 0.500. The van der Waals surface area contributed by atoms with Crippen LogP contribution in [0.2, 0.25) is 0 Å². The number of nitrogens with zero attached hydrogens (tertiary/aromatic N) is 1. The van der Waals surface area contributed by atoms with E-state index >= 15 is 0 Å². The maximum absolute atomic E-state index is 13.2. The predicted octanol–water partition coefficient (Wildman–Crippen LogP) is 4.82. The molecule has 4 rings (SSSR count). The maximum Gasteiger partial charge on any atom is 0.162 e. The van der Waals surface area contributed by atoms with Crippen LogP contribution in [-0.4, -0.2) is 16.6 Å². The standard InChI is InChI=1S/C22H25BrN2O2/c1-21(2)8-13-18(15(26)10-21)20(12-6-5-7-17(23)25-12)19-14(24-13)9-22(3,4)11-16(19)27/h5-7,20,24H,8-11H2,1-4H3. The van der Waals surface area contributed by atoms with Crippen molar-refractivity contribution in [3.05, 3.63) is 51.0 Å². The lowest BCUT2D eigenvalue weighted by Crippen LogP contribution is -2.42. The van der Waals surface area contributed by atoms with Gasteiger partial charge in [0, 0.05) is 35.4 Å². The van der Waals surface area contributed by atoms with Crippen LogP contribution in [0.4, 0.5) is 0 Å². The van der Waals surface area contributed by atoms with Gasteiger partial charge in [0.2, 0.25) is 0 Å². The summed E-state index contributed by atoms with van der Waals surface area (Å²) in [5.74, 6) is -0.102. The van der Waals surface area contributed by atoms with Crippen molar-refractivity contribution in [1.82, 2.24) is 10.3 Å². The second-order valence-electron chi connectivity index (χ2n) is 9.61. The monoisotopic (exact) mass is 428 g/mol. The molecular weight excluding hydrogens is 404 g/mol. The molecule has 3 aliphatic rings. The summed E-state index contributed by atoms with van der Waals surface area (Å²) in [5.41, 5.74) is 4.06. The fourth-order valence-electron chi connectivity index (χ4n) is 4.77. The number of aromatic nitrogens is 1. The number of carbonyl (C=O) groups is 2. The molecule has 0 atom stereocenters. The minimum atomic E-state index is -0.360. The summed E-state index contributed by atoms with van der Waals surface area (Å²) >= 11 is 3.44. The second kappa shape index (κ2) is 6.13. The van der Waals surface area contributed by atoms with Crippen molar-refractivity contribution in [2.24, 2.45) is 10.8 Å². The lowest BCUT2D eigenvalue weighted by Gasteiger charge is -2.43. The van der Waals surface area contributed by atoms with Crippen molar-refractivity contribution >= 4 is 27.5 Å². The van der Waals surface area contributed by atoms with Crippen molar-refractivity contribution < 1.29 is 9.59 Å². The molecule has 0 fully saturated rings. The Balaban J connectivity index is 1.92. The molecule has 4 nitrogen and oxygen atoms in total. The van der Waals surface area contributed by atoms with Crippen LogP contribution in [0.15, 0.2) is 45.3 Å². The highest BCUT2D eigenvalue weighted by Gasteiger charge is 2.46. The molecule has 1 aromatic heterocycles. The van der Waals surface area contributed by atoms with Crippen molar-refractivity contribution in [3.63, 3.8) is 0 Å². The van der Waals surface area contributed by atoms with Gasteiger partial charge in [0.05, 0.1) is 11.6 Å². The number of pyridine rings is 1. The number of Topliss-reactive ketones (excluding diaryl/α,β-unsaturated/α-hetero) is 2. The number of carbonyl (C=O) groups excluding carboxylic acids is 2. The molecule has 2 heterocycles. The van der Waals surface area contributed by atoms with E-state index < -0.39 is 0 Å². The highest BCUT2D eigenvalue weighted by molar-refractivity contribution is 9.10. The number of hydrogen-bond donors (Lipinski definition) is 1. The number of nitrogens with one attached hydrogen (secondary N) is 1. The smallest absolute Gasteiger partial charge is 0.162 e. The third-order valence-electron chi connectivity index (χ3n) is 5.75. The van der Waals surface area contributed by atoms with Crippen molar-refractivity contribution in [2.75, 3.05) is 0 Å². The molecule has 0 bridgehead atoms. The first kappa shape index (κ1) is 18.6. The van der Waals surface area contributed by atoms with E-state index in [1.165, 1.54) is 0 Å². The maximum atomic E-state index is 13.2. The van der Waals surface area contributed by atoms with Gasteiger partial charge in [-0.1, -0.05) is 33.8 Å². The number of halogens is 1. The van der Waals surface area contributed by atoms with Gasteiger partial charge in [-0.2, -0.15) is 0 Å². The number of hydrogen-bond acceptors (Lipinski definition) is 4. The van der Waals surface area contributed by atoms with Crippen LogP contribution in [0.1, 0.15) is 65.0 Å². The minimum absolute atomic E-state index is 0.0789. The van der Waals surface area contributed by atoms with Gasteiger partial charge in [0.1, 0.15) is 4.60 Å². The largest absolute Gasteiger partial charge is 0.362 e. The van der Waals surface area contributed by atoms with Gasteiger partial charge in [0.25, 0.3) is 0 Å². The van der Waals surface area contributed by atoms with Crippen molar-refractivity contribution in [1.29, 1.82) is 0 Å². The summed E-state index contributed by atoms with van der Waals surface area (Å²) in [6.07, 6.45) is 2.62. The van der Waals surface area contributed by atoms with Gasteiger partial charge in [-0.15, -0.1) is 0 Å². The SMILES string of the molecule is CC1(C)CC(=O)C2=C(C1)NC1=C(C(=O)CC(C)(C)C1)C2c1cccc(Br)n1. The Morgan fingerprint density at radius 1 is 0.926 bits per heavy atom. The molecule has 1 aromatic rings. The first-order valence-electron chi connectivity index (χ1n) is 9.48. The van der Waals surface area contributed by atoms with Crippen LogP contribution in [0, 0.1) is 10.8 Å². The van der Waals surface area contributed by atoms with Crippen LogP contribution < -0.4 is 5.32 Å². The van der Waals surface area contributed by atoms with E-state index in [9.17, 15) is 9.59 Å².